The highest BCUT2D eigenvalue weighted by molar-refractivity contribution is 7.97. The van der Waals surface area contributed by atoms with Crippen LogP contribution in [0.5, 0.6) is 5.75 Å². The molecule has 0 saturated heterocycles. The van der Waals surface area contributed by atoms with Crippen molar-refractivity contribution in [1.29, 1.82) is 0 Å². The molecule has 0 radical (unpaired) electrons. The van der Waals surface area contributed by atoms with E-state index >= 15 is 0 Å². The number of Topliss-reactive ketones (excluding diaryl/α,β-unsaturated/α-hetero) is 2. The highest BCUT2D eigenvalue weighted by atomic mass is 32.2. The topological polar surface area (TPSA) is 67.4 Å². The van der Waals surface area contributed by atoms with E-state index in [-0.39, 0.29) is 28.4 Å². The molecule has 0 amide bonds. The number of carbonyl (C=O) groups excluding carboxylic acids is 2. The summed E-state index contributed by atoms with van der Waals surface area (Å²) in [6, 6.07) is 24.0. The molecule has 3 aromatic rings. The average molecular weight is 445 g/mol. The molecule has 0 fully saturated rings. The van der Waals surface area contributed by atoms with Crippen LogP contribution in [-0.2, 0) is 5.41 Å². The predicted molar refractivity (Wildman–Crippen MR) is 126 cm³/mol. The van der Waals surface area contributed by atoms with Gasteiger partial charge in [-0.1, -0.05) is 75.4 Å². The van der Waals surface area contributed by atoms with Crippen LogP contribution in [0.1, 0.15) is 47.1 Å². The number of hydroxylamine groups is 1. The Labute approximate surface area is 192 Å². The van der Waals surface area contributed by atoms with Gasteiger partial charge in [-0.3, -0.25) is 9.59 Å². The third kappa shape index (κ3) is 4.55. The second kappa shape index (κ2) is 8.93. The highest BCUT2D eigenvalue weighted by Crippen LogP contribution is 2.28. The zero-order valence-corrected chi connectivity index (χ0v) is 19.0. The quantitative estimate of drug-likeness (QED) is 0.389. The Balaban J connectivity index is 1.61. The SMILES string of the molecule is CC(C)(C)c1ccc(ONC2=C(NSc3ccccc3)C(=O)c3ccccc3C2=O)cc1. The summed E-state index contributed by atoms with van der Waals surface area (Å²) in [6.45, 7) is 6.41. The van der Waals surface area contributed by atoms with Crippen LogP contribution in [0.15, 0.2) is 95.2 Å². The van der Waals surface area contributed by atoms with Gasteiger partial charge < -0.3 is 9.56 Å². The standard InChI is InChI=1S/C26H24N2O3S/c1-26(2,3)17-13-15-18(16-14-17)31-27-22-23(28-32-19-9-5-4-6-10-19)25(30)21-12-8-7-11-20(21)24(22)29/h4-16,27-28H,1-3H3. The molecule has 0 aromatic heterocycles. The van der Waals surface area contributed by atoms with E-state index in [0.717, 1.165) is 4.90 Å². The first-order chi connectivity index (χ1) is 15.3. The fourth-order valence-electron chi connectivity index (χ4n) is 3.30. The molecule has 162 valence electrons. The van der Waals surface area contributed by atoms with Crippen molar-refractivity contribution in [3.05, 3.63) is 107 Å². The molecule has 4 rings (SSSR count). The van der Waals surface area contributed by atoms with Crippen molar-refractivity contribution >= 4 is 23.5 Å². The third-order valence-electron chi connectivity index (χ3n) is 5.13. The monoisotopic (exact) mass is 444 g/mol. The minimum atomic E-state index is -0.303. The van der Waals surface area contributed by atoms with Gasteiger partial charge in [0.15, 0.2) is 5.75 Å². The van der Waals surface area contributed by atoms with E-state index in [9.17, 15) is 9.59 Å². The number of benzene rings is 3. The number of nitrogens with one attached hydrogen (secondary N) is 2. The van der Waals surface area contributed by atoms with Crippen molar-refractivity contribution in [2.24, 2.45) is 0 Å². The number of fused-ring (bicyclic) bond motifs is 1. The van der Waals surface area contributed by atoms with Gasteiger partial charge in [-0.2, -0.15) is 0 Å². The smallest absolute Gasteiger partial charge is 0.215 e. The maximum atomic E-state index is 13.2. The summed E-state index contributed by atoms with van der Waals surface area (Å²) in [5.41, 5.74) is 4.89. The Morgan fingerprint density at radius 3 is 1.88 bits per heavy atom. The van der Waals surface area contributed by atoms with Crippen LogP contribution >= 0.6 is 11.9 Å². The van der Waals surface area contributed by atoms with E-state index in [1.54, 1.807) is 24.3 Å². The van der Waals surface area contributed by atoms with E-state index in [1.807, 2.05) is 54.6 Å². The Kier molecular flexibility index (Phi) is 6.06. The van der Waals surface area contributed by atoms with Gasteiger partial charge in [0.2, 0.25) is 11.6 Å². The van der Waals surface area contributed by atoms with Crippen molar-refractivity contribution in [3.8, 4) is 5.75 Å². The minimum Gasteiger partial charge on any atom is -0.382 e. The second-order valence-corrected chi connectivity index (χ2v) is 9.33. The lowest BCUT2D eigenvalue weighted by atomic mass is 9.87. The highest BCUT2D eigenvalue weighted by Gasteiger charge is 2.33. The fraction of sp³-hybridized carbons (Fsp3) is 0.154. The molecule has 0 atom stereocenters. The maximum absolute atomic E-state index is 13.2. The first-order valence-corrected chi connectivity index (χ1v) is 11.1. The number of allylic oxidation sites excluding steroid dienone is 2. The van der Waals surface area contributed by atoms with Crippen LogP contribution in [0.2, 0.25) is 0 Å². The molecule has 0 saturated carbocycles. The minimum absolute atomic E-state index is 0.0235. The van der Waals surface area contributed by atoms with Crippen molar-refractivity contribution < 1.29 is 14.4 Å². The van der Waals surface area contributed by atoms with Gasteiger partial charge in [0, 0.05) is 16.0 Å². The normalized spacial score (nSPS) is 13.6. The van der Waals surface area contributed by atoms with Crippen LogP contribution in [0.3, 0.4) is 0 Å². The lowest BCUT2D eigenvalue weighted by Gasteiger charge is -2.22. The van der Waals surface area contributed by atoms with Crippen LogP contribution in [0, 0.1) is 0 Å². The predicted octanol–water partition coefficient (Wildman–Crippen LogP) is 5.46. The van der Waals surface area contributed by atoms with Crippen LogP contribution < -0.4 is 15.0 Å². The zero-order chi connectivity index (χ0) is 22.7. The largest absolute Gasteiger partial charge is 0.382 e. The molecular weight excluding hydrogens is 420 g/mol. The molecule has 5 nitrogen and oxygen atoms in total. The van der Waals surface area contributed by atoms with Gasteiger partial charge in [0.25, 0.3) is 0 Å². The van der Waals surface area contributed by atoms with E-state index < -0.39 is 0 Å². The van der Waals surface area contributed by atoms with Gasteiger partial charge in [-0.15, -0.1) is 0 Å². The van der Waals surface area contributed by atoms with E-state index in [4.69, 9.17) is 4.84 Å². The average Bonchev–Trinajstić information content (AvgIpc) is 2.80. The van der Waals surface area contributed by atoms with Crippen molar-refractivity contribution in [2.45, 2.75) is 31.1 Å². The Morgan fingerprint density at radius 2 is 1.28 bits per heavy atom. The number of carbonyl (C=O) groups is 2. The molecule has 0 unspecified atom stereocenters. The number of hydrogen-bond donors (Lipinski definition) is 2. The van der Waals surface area contributed by atoms with Gasteiger partial charge in [0.1, 0.15) is 11.4 Å². The summed E-state index contributed by atoms with van der Waals surface area (Å²) in [5.74, 6) is -0.0276. The van der Waals surface area contributed by atoms with E-state index in [1.165, 1.54) is 17.5 Å². The summed E-state index contributed by atoms with van der Waals surface area (Å²) in [4.78, 5) is 33.0. The number of ketones is 2. The van der Waals surface area contributed by atoms with Gasteiger partial charge in [-0.25, -0.2) is 5.48 Å². The van der Waals surface area contributed by atoms with Gasteiger partial charge >= 0.3 is 0 Å². The summed E-state index contributed by atoms with van der Waals surface area (Å²) < 4.78 is 3.06. The molecule has 1 aliphatic carbocycles. The first kappa shape index (κ1) is 21.7. The Hall–Kier alpha value is -3.51. The zero-order valence-electron chi connectivity index (χ0n) is 18.1. The first-order valence-electron chi connectivity index (χ1n) is 10.3. The summed E-state index contributed by atoms with van der Waals surface area (Å²) in [5, 5.41) is 0. The van der Waals surface area contributed by atoms with Crippen LogP contribution in [0.25, 0.3) is 0 Å². The molecule has 3 aromatic carbocycles. The molecule has 32 heavy (non-hydrogen) atoms. The Bertz CT molecular complexity index is 1180. The van der Waals surface area contributed by atoms with Gasteiger partial charge in [-0.05, 0) is 47.2 Å². The van der Waals surface area contributed by atoms with Crippen LogP contribution in [0.4, 0.5) is 0 Å². The van der Waals surface area contributed by atoms with E-state index in [0.29, 0.717) is 16.9 Å². The Morgan fingerprint density at radius 1 is 0.719 bits per heavy atom. The van der Waals surface area contributed by atoms with Crippen molar-refractivity contribution in [3.63, 3.8) is 0 Å². The molecule has 2 N–H and O–H groups in total. The lowest BCUT2D eigenvalue weighted by molar-refractivity contribution is 0.0936. The molecule has 6 heteroatoms. The summed E-state index contributed by atoms with van der Waals surface area (Å²) >= 11 is 1.26. The number of rotatable bonds is 6. The van der Waals surface area contributed by atoms with Crippen LogP contribution in [-0.4, -0.2) is 11.6 Å². The molecule has 0 bridgehead atoms. The summed E-state index contributed by atoms with van der Waals surface area (Å²) in [7, 11) is 0. The molecule has 0 spiro atoms. The molecule has 0 heterocycles. The van der Waals surface area contributed by atoms with E-state index in [2.05, 4.69) is 31.0 Å². The van der Waals surface area contributed by atoms with Crippen molar-refractivity contribution in [2.75, 3.05) is 0 Å². The second-order valence-electron chi connectivity index (χ2n) is 8.45. The lowest BCUT2D eigenvalue weighted by Crippen LogP contribution is -2.35. The molecule has 1 aliphatic rings. The maximum Gasteiger partial charge on any atom is 0.215 e. The third-order valence-corrected chi connectivity index (χ3v) is 5.94. The van der Waals surface area contributed by atoms with Gasteiger partial charge in [0.05, 0.1) is 0 Å². The van der Waals surface area contributed by atoms with Crippen molar-refractivity contribution in [1.82, 2.24) is 10.2 Å². The summed E-state index contributed by atoms with van der Waals surface area (Å²) in [6.07, 6.45) is 0. The number of hydrogen-bond acceptors (Lipinski definition) is 6. The molecule has 0 aliphatic heterocycles. The molecular formula is C26H24N2O3S. The fourth-order valence-corrected chi connectivity index (χ4v) is 4.01.